The van der Waals surface area contributed by atoms with Crippen LogP contribution in [0.2, 0.25) is 0 Å². The number of nitrogens with one attached hydrogen (secondary N) is 1. The van der Waals surface area contributed by atoms with E-state index in [0.717, 1.165) is 37.3 Å². The van der Waals surface area contributed by atoms with Crippen LogP contribution in [0.25, 0.3) is 22.3 Å². The molecule has 2 aromatic carbocycles. The summed E-state index contributed by atoms with van der Waals surface area (Å²) in [6.45, 7) is 3.88. The van der Waals surface area contributed by atoms with Crippen LogP contribution in [0.4, 0.5) is 5.82 Å². The first-order valence-electron chi connectivity index (χ1n) is 12.7. The van der Waals surface area contributed by atoms with E-state index in [2.05, 4.69) is 32.0 Å². The number of rotatable bonds is 7. The third-order valence-electron chi connectivity index (χ3n) is 7.05. The second-order valence-corrected chi connectivity index (χ2v) is 9.39. The van der Waals surface area contributed by atoms with Crippen molar-refractivity contribution in [3.8, 4) is 22.9 Å². The molecule has 0 bridgehead atoms. The number of aromatic nitrogens is 3. The predicted octanol–water partition coefficient (Wildman–Crippen LogP) is 4.02. The van der Waals surface area contributed by atoms with Crippen LogP contribution < -0.4 is 19.9 Å². The molecule has 0 radical (unpaired) electrons. The molecule has 0 atom stereocenters. The van der Waals surface area contributed by atoms with Crippen LogP contribution in [-0.2, 0) is 11.3 Å². The molecule has 9 heteroatoms. The molecule has 1 fully saturated rings. The minimum Gasteiger partial charge on any atom is -0.497 e. The lowest BCUT2D eigenvalue weighted by molar-refractivity contribution is -0.132. The van der Waals surface area contributed by atoms with Crippen LogP contribution >= 0.6 is 0 Å². The molecule has 1 saturated heterocycles. The molecule has 2 aromatic heterocycles. The number of carbonyl (C=O) groups is 1. The first kappa shape index (κ1) is 25.3. The quantitative estimate of drug-likeness (QED) is 0.398. The largest absolute Gasteiger partial charge is 0.497 e. The van der Waals surface area contributed by atoms with Crippen LogP contribution in [0.15, 0.2) is 65.6 Å². The Hall–Kier alpha value is -4.40. The molecule has 0 aliphatic carbocycles. The lowest BCUT2D eigenvalue weighted by atomic mass is 10.0. The van der Waals surface area contributed by atoms with Gasteiger partial charge in [-0.15, -0.1) is 0 Å². The Balaban J connectivity index is 1.30. The van der Waals surface area contributed by atoms with Gasteiger partial charge in [0.2, 0.25) is 5.91 Å². The average molecular weight is 514 g/mol. The Kier molecular flexibility index (Phi) is 7.26. The van der Waals surface area contributed by atoms with Gasteiger partial charge in [0, 0.05) is 56.5 Å². The summed E-state index contributed by atoms with van der Waals surface area (Å²) >= 11 is 0. The highest BCUT2D eigenvalue weighted by Crippen LogP contribution is 2.29. The van der Waals surface area contributed by atoms with Crippen molar-refractivity contribution in [2.24, 2.45) is 0 Å². The van der Waals surface area contributed by atoms with Gasteiger partial charge < -0.3 is 24.3 Å². The van der Waals surface area contributed by atoms with Crippen LogP contribution in [0.1, 0.15) is 25.3 Å². The molecule has 1 N–H and O–H groups in total. The lowest BCUT2D eigenvalue weighted by Crippen LogP contribution is -2.46. The summed E-state index contributed by atoms with van der Waals surface area (Å²) in [4.78, 5) is 41.6. The van der Waals surface area contributed by atoms with E-state index in [4.69, 9.17) is 9.47 Å². The molecule has 0 unspecified atom stereocenters. The maximum Gasteiger partial charge on any atom is 0.262 e. The van der Waals surface area contributed by atoms with E-state index in [1.807, 2.05) is 35.2 Å². The van der Waals surface area contributed by atoms with Gasteiger partial charge in [-0.1, -0.05) is 30.3 Å². The lowest BCUT2D eigenvalue weighted by Gasteiger charge is -2.38. The van der Waals surface area contributed by atoms with Gasteiger partial charge in [-0.25, -0.2) is 9.97 Å². The van der Waals surface area contributed by atoms with Crippen molar-refractivity contribution in [2.45, 2.75) is 32.4 Å². The number of fused-ring (bicyclic) bond motifs is 1. The molecule has 4 aromatic rings. The normalized spacial score (nSPS) is 13.9. The minimum atomic E-state index is -0.291. The zero-order valence-corrected chi connectivity index (χ0v) is 21.8. The van der Waals surface area contributed by atoms with E-state index >= 15 is 0 Å². The van der Waals surface area contributed by atoms with Gasteiger partial charge in [0.15, 0.2) is 0 Å². The van der Waals surface area contributed by atoms with E-state index in [9.17, 15) is 9.59 Å². The van der Waals surface area contributed by atoms with Gasteiger partial charge in [0.1, 0.15) is 28.5 Å². The Labute approximate surface area is 221 Å². The van der Waals surface area contributed by atoms with Crippen molar-refractivity contribution in [2.75, 3.05) is 32.2 Å². The SMILES string of the molecule is COc1cc(OC)c2c(=O)[nH]c(-c3ccc(N4CCC(N(Cc5ccccc5)C(C)=O)CC4)nc3)nc2c1. The number of ether oxygens (including phenoxy) is 2. The molecule has 5 rings (SSSR count). The zero-order chi connectivity index (χ0) is 26.6. The van der Waals surface area contributed by atoms with E-state index in [-0.39, 0.29) is 17.5 Å². The summed E-state index contributed by atoms with van der Waals surface area (Å²) in [5, 5.41) is 0.372. The smallest absolute Gasteiger partial charge is 0.262 e. The van der Waals surface area contributed by atoms with Gasteiger partial charge in [-0.3, -0.25) is 9.59 Å². The second-order valence-electron chi connectivity index (χ2n) is 9.39. The molecular formula is C29H31N5O4. The molecule has 1 amide bonds. The first-order chi connectivity index (χ1) is 18.5. The third kappa shape index (κ3) is 5.18. The molecule has 3 heterocycles. The Morgan fingerprint density at radius 3 is 2.47 bits per heavy atom. The van der Waals surface area contributed by atoms with Crippen LogP contribution in [-0.4, -0.2) is 59.1 Å². The molecule has 1 aliphatic rings. The number of pyridine rings is 1. The van der Waals surface area contributed by atoms with Crippen LogP contribution in [0.5, 0.6) is 11.5 Å². The van der Waals surface area contributed by atoms with Gasteiger partial charge in [0.05, 0.1) is 19.7 Å². The number of nitrogens with zero attached hydrogens (tertiary/aromatic N) is 4. The van der Waals surface area contributed by atoms with Gasteiger partial charge in [0.25, 0.3) is 5.56 Å². The number of hydrogen-bond donors (Lipinski definition) is 1. The summed E-state index contributed by atoms with van der Waals surface area (Å²) in [7, 11) is 3.06. The van der Waals surface area contributed by atoms with Gasteiger partial charge >= 0.3 is 0 Å². The maximum atomic E-state index is 12.8. The molecule has 38 heavy (non-hydrogen) atoms. The average Bonchev–Trinajstić information content (AvgIpc) is 2.95. The number of amides is 1. The summed E-state index contributed by atoms with van der Waals surface area (Å²) in [6.07, 6.45) is 3.47. The Morgan fingerprint density at radius 2 is 1.84 bits per heavy atom. The number of aromatic amines is 1. The van der Waals surface area contributed by atoms with Crippen molar-refractivity contribution < 1.29 is 14.3 Å². The number of methoxy groups -OCH3 is 2. The van der Waals surface area contributed by atoms with E-state index in [0.29, 0.717) is 40.3 Å². The van der Waals surface area contributed by atoms with Gasteiger partial charge in [-0.05, 0) is 30.5 Å². The number of H-pyrrole nitrogens is 1. The molecule has 0 spiro atoms. The van der Waals surface area contributed by atoms with Crippen molar-refractivity contribution in [3.05, 3.63) is 76.7 Å². The van der Waals surface area contributed by atoms with E-state index in [1.54, 1.807) is 32.4 Å². The number of benzene rings is 2. The number of carbonyl (C=O) groups excluding carboxylic acids is 1. The molecular weight excluding hydrogens is 482 g/mol. The van der Waals surface area contributed by atoms with Crippen molar-refractivity contribution in [1.29, 1.82) is 0 Å². The highest BCUT2D eigenvalue weighted by Gasteiger charge is 2.27. The fraction of sp³-hybridized carbons (Fsp3) is 0.310. The Bertz CT molecular complexity index is 1480. The molecule has 0 saturated carbocycles. The predicted molar refractivity (Wildman–Crippen MR) is 147 cm³/mol. The van der Waals surface area contributed by atoms with Crippen molar-refractivity contribution >= 4 is 22.6 Å². The highest BCUT2D eigenvalue weighted by atomic mass is 16.5. The maximum absolute atomic E-state index is 12.8. The fourth-order valence-electron chi connectivity index (χ4n) is 5.02. The summed E-state index contributed by atoms with van der Waals surface area (Å²) in [5.41, 5.74) is 2.03. The summed E-state index contributed by atoms with van der Waals surface area (Å²) < 4.78 is 10.7. The summed E-state index contributed by atoms with van der Waals surface area (Å²) in [6, 6.07) is 17.5. The number of hydrogen-bond acceptors (Lipinski definition) is 7. The minimum absolute atomic E-state index is 0.0990. The second kappa shape index (κ2) is 10.9. The van der Waals surface area contributed by atoms with Gasteiger partial charge in [-0.2, -0.15) is 0 Å². The zero-order valence-electron chi connectivity index (χ0n) is 21.8. The molecule has 196 valence electrons. The van der Waals surface area contributed by atoms with Crippen LogP contribution in [0, 0.1) is 0 Å². The Morgan fingerprint density at radius 1 is 1.08 bits per heavy atom. The number of piperidine rings is 1. The van der Waals surface area contributed by atoms with Crippen molar-refractivity contribution in [1.82, 2.24) is 19.9 Å². The third-order valence-corrected chi connectivity index (χ3v) is 7.05. The monoisotopic (exact) mass is 513 g/mol. The first-order valence-corrected chi connectivity index (χ1v) is 12.7. The summed E-state index contributed by atoms with van der Waals surface area (Å²) in [5.74, 6) is 2.34. The molecule has 9 nitrogen and oxygen atoms in total. The van der Waals surface area contributed by atoms with E-state index < -0.39 is 0 Å². The fourth-order valence-corrected chi connectivity index (χ4v) is 5.02. The topological polar surface area (TPSA) is 101 Å². The highest BCUT2D eigenvalue weighted by molar-refractivity contribution is 5.87. The standard InChI is InChI=1S/C29H31N5O4/c1-19(35)34(18-20-7-5-4-6-8-20)22-11-13-33(14-12-22)26-10-9-21(17-30-26)28-31-24-15-23(37-2)16-25(38-3)27(24)29(36)32-28/h4-10,15-17,22H,11-14,18H2,1-3H3,(H,31,32,36). The van der Waals surface area contributed by atoms with E-state index in [1.165, 1.54) is 7.11 Å². The van der Waals surface area contributed by atoms with Crippen LogP contribution in [0.3, 0.4) is 0 Å². The van der Waals surface area contributed by atoms with Crippen molar-refractivity contribution in [3.63, 3.8) is 0 Å². The number of anilines is 1. The molecule has 1 aliphatic heterocycles.